The summed E-state index contributed by atoms with van der Waals surface area (Å²) in [6.45, 7) is 3.95. The molecule has 0 amide bonds. The summed E-state index contributed by atoms with van der Waals surface area (Å²) in [6.07, 6.45) is 1.68. The van der Waals surface area contributed by atoms with E-state index in [9.17, 15) is 42.6 Å². The summed E-state index contributed by atoms with van der Waals surface area (Å²) in [5.74, 6) is 0.144. The second-order valence-corrected chi connectivity index (χ2v) is 20.8. The van der Waals surface area contributed by atoms with E-state index in [0.29, 0.717) is 57.9 Å². The normalized spacial score (nSPS) is 28.6. The van der Waals surface area contributed by atoms with Crippen molar-refractivity contribution in [1.29, 1.82) is 0 Å². The second kappa shape index (κ2) is 25.6. The molecular formula is C33H63N3O20P4. The van der Waals surface area contributed by atoms with Crippen molar-refractivity contribution in [2.24, 2.45) is 0 Å². The Hall–Kier alpha value is -0.870. The molecule has 2 aliphatic rings. The van der Waals surface area contributed by atoms with Crippen LogP contribution in [0.3, 0.4) is 0 Å². The summed E-state index contributed by atoms with van der Waals surface area (Å²) in [7, 11) is -13.4. The quantitative estimate of drug-likeness (QED) is 0.0571. The predicted molar refractivity (Wildman–Crippen MR) is 211 cm³/mol. The molecule has 2 aliphatic heterocycles. The number of unbranched alkanes of at least 4 members (excludes halogenated alkanes) is 5. The number of carbonyl (C=O) groups is 1. The van der Waals surface area contributed by atoms with Gasteiger partial charge in [0, 0.05) is 53.6 Å². The molecule has 0 bridgehead atoms. The first kappa shape index (κ1) is 53.5. The van der Waals surface area contributed by atoms with Crippen molar-refractivity contribution in [2.75, 3.05) is 54.4 Å². The molecule has 0 radical (unpaired) electrons. The number of hydrogen-bond donors (Lipinski definition) is 4. The first-order valence-corrected chi connectivity index (χ1v) is 26.3. The molecule has 2 fully saturated rings. The van der Waals surface area contributed by atoms with Gasteiger partial charge in [-0.05, 0) is 52.4 Å². The number of Topliss-reactive ketones (excluding diaryl/α,β-unsaturated/α-hetero) is 1. The summed E-state index contributed by atoms with van der Waals surface area (Å²) in [5.41, 5.74) is 0.721. The fourth-order valence-electron chi connectivity index (χ4n) is 6.64. The highest BCUT2D eigenvalue weighted by Gasteiger charge is 2.49. The highest BCUT2D eigenvalue weighted by Crippen LogP contribution is 2.50. The standard InChI is InChI=1S/C33H63N3O20P4/c1-24-30(46-3)32(55-58(40,41)48-5)29(54-24)23-52-59(42,43)49-20-13-11-15-26-21-36(35-34-26)18-14-17-27(37)16-10-8-7-9-12-19-50-60(44,45)56-33-28(22-51-57(6,38)39)53-25(2)31(33)47-4/h21,24-25,28-33H,7-20,22-23H2,1-6H3,(H,38,39)(H,40,41)(H,42,43)(H,44,45)/t24-,25-,28+,29+,30+,31+,32?,33?/m0/s1. The van der Waals surface area contributed by atoms with Crippen LogP contribution in [-0.2, 0) is 86.6 Å². The topological polar surface area (TPSA) is 299 Å². The van der Waals surface area contributed by atoms with E-state index in [2.05, 4.69) is 14.8 Å². The highest BCUT2D eigenvalue weighted by atomic mass is 31.2. The van der Waals surface area contributed by atoms with Crippen LogP contribution in [0.1, 0.15) is 83.7 Å². The fourth-order valence-corrected chi connectivity index (χ4v) is 9.47. The van der Waals surface area contributed by atoms with Crippen LogP contribution in [0.5, 0.6) is 0 Å². The van der Waals surface area contributed by atoms with Gasteiger partial charge in [0.2, 0.25) is 0 Å². The van der Waals surface area contributed by atoms with Gasteiger partial charge in [0.05, 0.1) is 44.3 Å². The molecule has 3 rings (SSSR count). The van der Waals surface area contributed by atoms with E-state index in [-0.39, 0.29) is 25.6 Å². The zero-order valence-corrected chi connectivity index (χ0v) is 38.5. The van der Waals surface area contributed by atoms with Crippen LogP contribution in [0, 0.1) is 0 Å². The minimum absolute atomic E-state index is 0.0298. The van der Waals surface area contributed by atoms with Gasteiger partial charge in [-0.25, -0.2) is 13.7 Å². The maximum Gasteiger partial charge on any atom is 0.472 e. The Morgan fingerprint density at radius 1 is 0.683 bits per heavy atom. The molecule has 0 spiro atoms. The molecule has 60 heavy (non-hydrogen) atoms. The van der Waals surface area contributed by atoms with Gasteiger partial charge < -0.3 is 43.0 Å². The molecule has 1 aromatic heterocycles. The lowest BCUT2D eigenvalue weighted by Gasteiger charge is -2.25. The summed E-state index contributed by atoms with van der Waals surface area (Å²) in [6, 6.07) is 0. The summed E-state index contributed by atoms with van der Waals surface area (Å²) in [5, 5.41) is 8.25. The van der Waals surface area contributed by atoms with Gasteiger partial charge in [0.25, 0.3) is 0 Å². The Bertz CT molecular complexity index is 1630. The van der Waals surface area contributed by atoms with Crippen LogP contribution in [0.2, 0.25) is 0 Å². The Morgan fingerprint density at radius 2 is 1.20 bits per heavy atom. The Kier molecular flexibility index (Phi) is 22.8. The number of aryl methyl sites for hydroxylation is 2. The summed E-state index contributed by atoms with van der Waals surface area (Å²) in [4.78, 5) is 52.0. The number of hydrogen-bond acceptors (Lipinski definition) is 18. The number of ether oxygens (including phenoxy) is 4. The second-order valence-electron chi connectivity index (χ2n) is 14.5. The van der Waals surface area contributed by atoms with Crippen molar-refractivity contribution in [2.45, 2.75) is 140 Å². The summed E-state index contributed by atoms with van der Waals surface area (Å²) >= 11 is 0. The molecule has 350 valence electrons. The summed E-state index contributed by atoms with van der Waals surface area (Å²) < 4.78 is 107. The van der Waals surface area contributed by atoms with Gasteiger partial charge >= 0.3 is 31.1 Å². The predicted octanol–water partition coefficient (Wildman–Crippen LogP) is 4.49. The lowest BCUT2D eigenvalue weighted by molar-refractivity contribution is -0.119. The number of ketones is 1. The van der Waals surface area contributed by atoms with Crippen molar-refractivity contribution in [3.63, 3.8) is 0 Å². The van der Waals surface area contributed by atoms with E-state index in [1.54, 1.807) is 24.7 Å². The van der Waals surface area contributed by atoms with E-state index in [1.807, 2.05) is 0 Å². The van der Waals surface area contributed by atoms with Crippen LogP contribution in [0.25, 0.3) is 0 Å². The van der Waals surface area contributed by atoms with Crippen LogP contribution < -0.4 is 0 Å². The van der Waals surface area contributed by atoms with Crippen molar-refractivity contribution in [1.82, 2.24) is 15.0 Å². The third kappa shape index (κ3) is 19.5. The lowest BCUT2D eigenvalue weighted by Crippen LogP contribution is -2.37. The molecule has 0 aromatic carbocycles. The van der Waals surface area contributed by atoms with E-state index in [4.69, 9.17) is 46.1 Å². The van der Waals surface area contributed by atoms with Gasteiger partial charge in [-0.15, -0.1) is 5.10 Å². The third-order valence-electron chi connectivity index (χ3n) is 9.61. The fraction of sp³-hybridized carbons (Fsp3) is 0.909. The minimum Gasteiger partial charge on any atom is -0.376 e. The molecule has 23 nitrogen and oxygen atoms in total. The van der Waals surface area contributed by atoms with Gasteiger partial charge in [-0.2, -0.15) is 0 Å². The number of methoxy groups -OCH3 is 2. The van der Waals surface area contributed by atoms with Crippen LogP contribution in [-0.4, -0.2) is 144 Å². The molecule has 2 saturated heterocycles. The molecule has 27 heteroatoms. The minimum atomic E-state index is -4.50. The molecular weight excluding hydrogens is 882 g/mol. The van der Waals surface area contributed by atoms with Crippen molar-refractivity contribution in [3.8, 4) is 0 Å². The number of nitrogens with zero attached hydrogens (tertiary/aromatic N) is 3. The van der Waals surface area contributed by atoms with Crippen LogP contribution in [0.4, 0.5) is 0 Å². The number of phosphoric acid groups is 3. The molecule has 6 unspecified atom stereocenters. The average molecular weight is 946 g/mol. The monoisotopic (exact) mass is 945 g/mol. The van der Waals surface area contributed by atoms with Crippen LogP contribution >= 0.6 is 31.1 Å². The van der Waals surface area contributed by atoms with Gasteiger partial charge in [0.15, 0.2) is 0 Å². The smallest absolute Gasteiger partial charge is 0.376 e. The Balaban J connectivity index is 1.21. The van der Waals surface area contributed by atoms with E-state index in [1.165, 1.54) is 14.2 Å². The van der Waals surface area contributed by atoms with E-state index < -0.39 is 86.5 Å². The SMILES string of the molecule is CO[C@H]1C(OP(=O)(O)OC)[C@@H](COP(=O)(O)OCCCCc2cn(CCCC(=O)CCCCCCCOP(=O)(O)OC3[C@@H](COP(C)(=O)O)O[C@@H](C)[C@H]3OC)nn2)O[C@H]1C. The van der Waals surface area contributed by atoms with Crippen molar-refractivity contribution >= 4 is 36.8 Å². The molecule has 12 atom stereocenters. The van der Waals surface area contributed by atoms with Crippen molar-refractivity contribution in [3.05, 3.63) is 11.9 Å². The zero-order chi connectivity index (χ0) is 44.6. The number of carbonyl (C=O) groups excluding carboxylic acids is 1. The number of phosphoric ester groups is 3. The van der Waals surface area contributed by atoms with Gasteiger partial charge in [-0.3, -0.25) is 41.2 Å². The van der Waals surface area contributed by atoms with E-state index >= 15 is 0 Å². The molecule has 0 aliphatic carbocycles. The average Bonchev–Trinajstić information content (AvgIpc) is 3.83. The largest absolute Gasteiger partial charge is 0.472 e. The van der Waals surface area contributed by atoms with Crippen LogP contribution in [0.15, 0.2) is 6.20 Å². The lowest BCUT2D eigenvalue weighted by atomic mass is 10.1. The molecule has 3 heterocycles. The molecule has 1 aromatic rings. The maximum atomic E-state index is 12.6. The first-order valence-electron chi connectivity index (χ1n) is 19.7. The van der Waals surface area contributed by atoms with Crippen molar-refractivity contribution < 1.29 is 93.2 Å². The zero-order valence-electron chi connectivity index (χ0n) is 35.0. The third-order valence-corrected chi connectivity index (χ3v) is 13.2. The van der Waals surface area contributed by atoms with E-state index in [0.717, 1.165) is 38.7 Å². The van der Waals surface area contributed by atoms with Gasteiger partial charge in [-0.1, -0.05) is 24.5 Å². The number of rotatable bonds is 32. The molecule has 4 N–H and O–H groups in total. The Labute approximate surface area is 350 Å². The number of aromatic nitrogens is 3. The molecule has 0 saturated carbocycles. The Morgan fingerprint density at radius 3 is 1.78 bits per heavy atom. The highest BCUT2D eigenvalue weighted by molar-refractivity contribution is 7.51. The maximum absolute atomic E-state index is 12.6. The first-order chi connectivity index (χ1) is 28.2. The van der Waals surface area contributed by atoms with Gasteiger partial charge in [0.1, 0.15) is 42.4 Å².